The summed E-state index contributed by atoms with van der Waals surface area (Å²) >= 11 is 5.98. The van der Waals surface area contributed by atoms with E-state index in [1.54, 1.807) is 6.92 Å². The highest BCUT2D eigenvalue weighted by Crippen LogP contribution is 2.16. The average molecular weight is 251 g/mol. The van der Waals surface area contributed by atoms with Crippen LogP contribution in [0.1, 0.15) is 11.4 Å². The molecule has 1 aromatic carbocycles. The molecule has 17 heavy (non-hydrogen) atoms. The van der Waals surface area contributed by atoms with Crippen molar-refractivity contribution < 1.29 is 0 Å². The predicted octanol–water partition coefficient (Wildman–Crippen LogP) is 2.24. The number of nitrogens with zero attached hydrogens (tertiary/aromatic N) is 5. The van der Waals surface area contributed by atoms with Crippen molar-refractivity contribution in [2.75, 3.05) is 5.84 Å². The van der Waals surface area contributed by atoms with Crippen LogP contribution in [0.2, 0.25) is 5.02 Å². The van der Waals surface area contributed by atoms with E-state index in [0.717, 1.165) is 5.56 Å². The molecule has 0 aliphatic heterocycles. The van der Waals surface area contributed by atoms with Crippen molar-refractivity contribution in [1.82, 2.24) is 14.9 Å². The molecule has 0 atom stereocenters. The van der Waals surface area contributed by atoms with Gasteiger partial charge in [-0.05, 0) is 18.6 Å². The Balaban J connectivity index is 2.08. The first-order valence-electron chi connectivity index (χ1n) is 4.96. The monoisotopic (exact) mass is 250 g/mol. The van der Waals surface area contributed by atoms with E-state index in [-0.39, 0.29) is 5.95 Å². The summed E-state index contributed by atoms with van der Waals surface area (Å²) in [5.74, 6) is 6.48. The van der Waals surface area contributed by atoms with Crippen LogP contribution in [0, 0.1) is 6.92 Å². The Bertz CT molecular complexity index is 547. The lowest BCUT2D eigenvalue weighted by Gasteiger charge is -1.98. The van der Waals surface area contributed by atoms with Gasteiger partial charge in [-0.15, -0.1) is 15.3 Å². The van der Waals surface area contributed by atoms with Crippen molar-refractivity contribution >= 4 is 17.5 Å². The second-order valence-corrected chi connectivity index (χ2v) is 3.82. The fraction of sp³-hybridized carbons (Fsp3) is 0.200. The summed E-state index contributed by atoms with van der Waals surface area (Å²) in [7, 11) is 0. The molecule has 0 radical (unpaired) electrons. The topological polar surface area (TPSA) is 81.5 Å². The lowest BCUT2D eigenvalue weighted by molar-refractivity contribution is 0.878. The van der Waals surface area contributed by atoms with Crippen molar-refractivity contribution in [3.8, 4) is 0 Å². The van der Waals surface area contributed by atoms with Crippen molar-refractivity contribution in [3.05, 3.63) is 40.7 Å². The van der Waals surface area contributed by atoms with Gasteiger partial charge in [-0.25, -0.2) is 4.68 Å². The molecular formula is C10H11ClN6. The Labute approximate surface area is 103 Å². The molecule has 0 fully saturated rings. The zero-order valence-corrected chi connectivity index (χ0v) is 9.96. The van der Waals surface area contributed by atoms with Crippen LogP contribution in [0.4, 0.5) is 5.95 Å². The number of azo groups is 1. The van der Waals surface area contributed by atoms with Crippen molar-refractivity contribution in [3.63, 3.8) is 0 Å². The standard InChI is InChI=1S/C10H11ClN6/c1-7-14-16-10(17(7)12)15-13-6-8-4-2-3-5-9(8)11/h2-5H,6,12H2,1H3. The minimum atomic E-state index is 0.273. The number of hydrogen-bond donors (Lipinski definition) is 1. The van der Waals surface area contributed by atoms with Crippen molar-refractivity contribution in [2.45, 2.75) is 13.5 Å². The highest BCUT2D eigenvalue weighted by Gasteiger charge is 2.03. The number of hydrogen-bond acceptors (Lipinski definition) is 5. The summed E-state index contributed by atoms with van der Waals surface area (Å²) in [6.45, 7) is 2.12. The molecule has 0 saturated heterocycles. The minimum Gasteiger partial charge on any atom is -0.335 e. The summed E-state index contributed by atoms with van der Waals surface area (Å²) in [6, 6.07) is 7.46. The smallest absolute Gasteiger partial charge is 0.287 e. The second kappa shape index (κ2) is 4.92. The van der Waals surface area contributed by atoms with Crippen LogP contribution in [-0.2, 0) is 6.54 Å². The zero-order chi connectivity index (χ0) is 12.3. The van der Waals surface area contributed by atoms with E-state index in [9.17, 15) is 0 Å². The molecule has 6 nitrogen and oxygen atoms in total. The van der Waals surface area contributed by atoms with Gasteiger partial charge in [0.25, 0.3) is 5.95 Å². The molecule has 0 aliphatic rings. The molecule has 1 aromatic heterocycles. The third-order valence-corrected chi connectivity index (χ3v) is 2.58. The number of rotatable bonds is 3. The summed E-state index contributed by atoms with van der Waals surface area (Å²) in [6.07, 6.45) is 0. The number of nitrogen functional groups attached to an aromatic ring is 1. The predicted molar refractivity (Wildman–Crippen MR) is 64.6 cm³/mol. The number of benzene rings is 1. The van der Waals surface area contributed by atoms with Gasteiger partial charge in [0, 0.05) is 5.02 Å². The fourth-order valence-electron chi connectivity index (χ4n) is 1.23. The maximum atomic E-state index is 5.98. The Hall–Kier alpha value is -1.95. The Morgan fingerprint density at radius 3 is 2.76 bits per heavy atom. The maximum absolute atomic E-state index is 5.98. The Morgan fingerprint density at radius 1 is 1.35 bits per heavy atom. The molecular weight excluding hydrogens is 240 g/mol. The van der Waals surface area contributed by atoms with Gasteiger partial charge in [0.1, 0.15) is 0 Å². The first kappa shape index (κ1) is 11.5. The molecule has 2 rings (SSSR count). The molecule has 2 N–H and O–H groups in total. The molecule has 2 aromatic rings. The van der Waals surface area contributed by atoms with E-state index < -0.39 is 0 Å². The number of aromatic nitrogens is 3. The van der Waals surface area contributed by atoms with Gasteiger partial charge in [0.15, 0.2) is 5.82 Å². The third-order valence-electron chi connectivity index (χ3n) is 2.21. The normalized spacial score (nSPS) is 11.2. The molecule has 0 saturated carbocycles. The molecule has 1 heterocycles. The van der Waals surface area contributed by atoms with E-state index in [1.165, 1.54) is 4.68 Å². The quantitative estimate of drug-likeness (QED) is 0.670. The van der Waals surface area contributed by atoms with Crippen LogP contribution in [0.25, 0.3) is 0 Å². The van der Waals surface area contributed by atoms with Crippen LogP contribution in [-0.4, -0.2) is 14.9 Å². The summed E-state index contributed by atoms with van der Waals surface area (Å²) in [5, 5.41) is 16.1. The third kappa shape index (κ3) is 2.59. The van der Waals surface area contributed by atoms with Crippen LogP contribution in [0.15, 0.2) is 34.5 Å². The Morgan fingerprint density at radius 2 is 2.12 bits per heavy atom. The van der Waals surface area contributed by atoms with E-state index in [2.05, 4.69) is 20.4 Å². The van der Waals surface area contributed by atoms with E-state index in [0.29, 0.717) is 17.4 Å². The average Bonchev–Trinajstić information content (AvgIpc) is 2.63. The second-order valence-electron chi connectivity index (χ2n) is 3.41. The van der Waals surface area contributed by atoms with E-state index in [4.69, 9.17) is 17.4 Å². The first-order valence-corrected chi connectivity index (χ1v) is 5.34. The van der Waals surface area contributed by atoms with Gasteiger partial charge >= 0.3 is 0 Å². The van der Waals surface area contributed by atoms with E-state index in [1.807, 2.05) is 24.3 Å². The van der Waals surface area contributed by atoms with Gasteiger partial charge in [-0.1, -0.05) is 29.8 Å². The SMILES string of the molecule is Cc1nnc(N=NCc2ccccc2Cl)n1N. The molecule has 0 bridgehead atoms. The van der Waals surface area contributed by atoms with Gasteiger partial charge in [0.2, 0.25) is 0 Å². The first-order chi connectivity index (χ1) is 8.18. The van der Waals surface area contributed by atoms with Gasteiger partial charge in [0.05, 0.1) is 6.54 Å². The lowest BCUT2D eigenvalue weighted by Crippen LogP contribution is -2.09. The number of nitrogens with two attached hydrogens (primary N) is 1. The van der Waals surface area contributed by atoms with Gasteiger partial charge < -0.3 is 5.84 Å². The molecule has 7 heteroatoms. The highest BCUT2D eigenvalue weighted by atomic mass is 35.5. The van der Waals surface area contributed by atoms with Crippen LogP contribution < -0.4 is 5.84 Å². The van der Waals surface area contributed by atoms with Crippen LogP contribution >= 0.6 is 11.6 Å². The minimum absolute atomic E-state index is 0.273. The summed E-state index contributed by atoms with van der Waals surface area (Å²) in [5.41, 5.74) is 0.901. The molecule has 0 amide bonds. The highest BCUT2D eigenvalue weighted by molar-refractivity contribution is 6.31. The fourth-order valence-corrected chi connectivity index (χ4v) is 1.42. The van der Waals surface area contributed by atoms with Gasteiger partial charge in [-0.3, -0.25) is 0 Å². The van der Waals surface area contributed by atoms with Crippen molar-refractivity contribution in [2.24, 2.45) is 10.2 Å². The largest absolute Gasteiger partial charge is 0.335 e. The van der Waals surface area contributed by atoms with Gasteiger partial charge in [-0.2, -0.15) is 5.11 Å². The summed E-state index contributed by atoms with van der Waals surface area (Å²) in [4.78, 5) is 0. The van der Waals surface area contributed by atoms with E-state index >= 15 is 0 Å². The van der Waals surface area contributed by atoms with Crippen LogP contribution in [0.5, 0.6) is 0 Å². The molecule has 88 valence electrons. The molecule has 0 spiro atoms. The molecule has 0 unspecified atom stereocenters. The number of aryl methyl sites for hydroxylation is 1. The molecule has 0 aliphatic carbocycles. The van der Waals surface area contributed by atoms with Crippen molar-refractivity contribution in [1.29, 1.82) is 0 Å². The number of halogens is 1. The summed E-state index contributed by atoms with van der Waals surface area (Å²) < 4.78 is 1.27. The van der Waals surface area contributed by atoms with Crippen LogP contribution in [0.3, 0.4) is 0 Å². The Kier molecular flexibility index (Phi) is 3.34. The maximum Gasteiger partial charge on any atom is 0.287 e. The zero-order valence-electron chi connectivity index (χ0n) is 9.21. The lowest BCUT2D eigenvalue weighted by atomic mass is 10.2.